The van der Waals surface area contributed by atoms with E-state index in [0.717, 1.165) is 0 Å². The van der Waals surface area contributed by atoms with Crippen molar-refractivity contribution in [3.05, 3.63) is 47.0 Å². The number of ether oxygens (including phenoxy) is 3. The molecule has 1 aromatic heterocycles. The third-order valence-electron chi connectivity index (χ3n) is 5.91. The predicted octanol–water partition coefficient (Wildman–Crippen LogP) is 0.739. The van der Waals surface area contributed by atoms with Crippen LogP contribution in [0.3, 0.4) is 0 Å². The maximum absolute atomic E-state index is 12.3. The van der Waals surface area contributed by atoms with Crippen LogP contribution in [-0.4, -0.2) is 52.6 Å². The Morgan fingerprint density at radius 1 is 1.41 bits per heavy atom. The number of carbonyl (C=O) groups excluding carboxylic acids is 1. The lowest BCUT2D eigenvalue weighted by Crippen LogP contribution is -2.34. The summed E-state index contributed by atoms with van der Waals surface area (Å²) in [5.74, 6) is -0.134. The standard InChI is InChI=1S/C21H25N4O8P/c1-12(18(27)30-2)24-34(29)33-14-6-4-3-5-13(14)31-11-15-17(26)21(8-9-21)19(32-15)25-10-7-16(22)23-20(25)28/h3-7,10,12,15,17,19,26H,8-9,11H2,1-2H3,(H2,22,23,28)/t12-,15+,17+,19+/m0/s1. The van der Waals surface area contributed by atoms with E-state index in [1.165, 1.54) is 36.9 Å². The smallest absolute Gasteiger partial charge is 0.395 e. The van der Waals surface area contributed by atoms with Crippen molar-refractivity contribution >= 4 is 20.0 Å². The topological polar surface area (TPSA) is 171 Å². The van der Waals surface area contributed by atoms with Crippen LogP contribution in [0, 0.1) is 5.41 Å². The number of aromatic nitrogens is 2. The van der Waals surface area contributed by atoms with Crippen LogP contribution in [0.5, 0.6) is 11.5 Å². The van der Waals surface area contributed by atoms with E-state index in [4.69, 9.17) is 19.7 Å². The summed E-state index contributed by atoms with van der Waals surface area (Å²) in [6.45, 7) is 1.39. The van der Waals surface area contributed by atoms with E-state index in [0.29, 0.717) is 12.8 Å². The van der Waals surface area contributed by atoms with Gasteiger partial charge in [0.1, 0.15) is 24.8 Å². The number of nitrogen functional groups attached to an aromatic ring is 1. The molecule has 2 aliphatic rings. The number of hydrogen-bond acceptors (Lipinski definition) is 11. The molecule has 2 fully saturated rings. The van der Waals surface area contributed by atoms with Crippen molar-refractivity contribution in [3.8, 4) is 11.5 Å². The van der Waals surface area contributed by atoms with Crippen LogP contribution >= 0.6 is 8.17 Å². The van der Waals surface area contributed by atoms with Crippen molar-refractivity contribution < 1.29 is 33.5 Å². The van der Waals surface area contributed by atoms with Crippen LogP contribution < -0.4 is 25.6 Å². The van der Waals surface area contributed by atoms with Gasteiger partial charge < -0.3 is 29.9 Å². The first kappa shape index (κ1) is 24.1. The Labute approximate surface area is 195 Å². The molecular formula is C21H25N4O8P. The van der Waals surface area contributed by atoms with Crippen molar-refractivity contribution in [2.24, 2.45) is 10.2 Å². The largest absolute Gasteiger partial charge is 0.575 e. The number of nitrogens with two attached hydrogens (primary N) is 1. The van der Waals surface area contributed by atoms with Gasteiger partial charge in [-0.3, -0.25) is 9.09 Å². The Morgan fingerprint density at radius 3 is 2.76 bits per heavy atom. The Hall–Kier alpha value is -3.05. The molecule has 1 aliphatic heterocycles. The van der Waals surface area contributed by atoms with Crippen LogP contribution in [0.4, 0.5) is 5.82 Å². The number of hydrogen-bond donors (Lipinski definition) is 2. The van der Waals surface area contributed by atoms with Gasteiger partial charge in [-0.05, 0) is 38.0 Å². The third kappa shape index (κ3) is 4.76. The van der Waals surface area contributed by atoms with E-state index >= 15 is 0 Å². The van der Waals surface area contributed by atoms with Gasteiger partial charge in [0.05, 0.1) is 13.2 Å². The van der Waals surface area contributed by atoms with E-state index in [1.807, 2.05) is 0 Å². The summed E-state index contributed by atoms with van der Waals surface area (Å²) in [6.07, 6.45) is 0.573. The van der Waals surface area contributed by atoms with E-state index in [1.54, 1.807) is 18.2 Å². The number of aliphatic hydroxyl groups excluding tert-OH is 1. The fourth-order valence-electron chi connectivity index (χ4n) is 3.94. The summed E-state index contributed by atoms with van der Waals surface area (Å²) in [7, 11) is -1.36. The van der Waals surface area contributed by atoms with Crippen molar-refractivity contribution in [1.82, 2.24) is 9.55 Å². The van der Waals surface area contributed by atoms with Crippen LogP contribution in [0.1, 0.15) is 26.0 Å². The van der Waals surface area contributed by atoms with Crippen LogP contribution in [0.25, 0.3) is 0 Å². The maximum Gasteiger partial charge on any atom is 0.395 e. The minimum Gasteiger partial charge on any atom is -0.575 e. The lowest BCUT2D eigenvalue weighted by Gasteiger charge is -2.20. The molecule has 1 saturated carbocycles. The minimum absolute atomic E-state index is 0.0522. The SMILES string of the molecule is COC(=O)[C@H](C)/N=[P+](\[O-])Oc1ccccc1OC[C@H]1O[C@@H](n2ccc(N)nc2=O)C2(CC2)[C@@H]1O. The zero-order valence-corrected chi connectivity index (χ0v) is 19.5. The molecule has 12 nitrogen and oxygen atoms in total. The van der Waals surface area contributed by atoms with Gasteiger partial charge in [0.2, 0.25) is 5.75 Å². The molecule has 182 valence electrons. The number of methoxy groups -OCH3 is 1. The van der Waals surface area contributed by atoms with Gasteiger partial charge in [0.15, 0.2) is 11.8 Å². The van der Waals surface area contributed by atoms with E-state index in [2.05, 4.69) is 14.5 Å². The van der Waals surface area contributed by atoms with Gasteiger partial charge in [-0.1, -0.05) is 16.9 Å². The molecule has 2 heterocycles. The summed E-state index contributed by atoms with van der Waals surface area (Å²) in [5.41, 5.74) is 4.42. The van der Waals surface area contributed by atoms with Gasteiger partial charge in [0.25, 0.3) is 0 Å². The second-order valence-electron chi connectivity index (χ2n) is 8.15. The number of benzene rings is 1. The first-order valence-electron chi connectivity index (χ1n) is 10.6. The van der Waals surface area contributed by atoms with E-state index in [9.17, 15) is 19.6 Å². The molecule has 5 atom stereocenters. The molecular weight excluding hydrogens is 467 g/mol. The zero-order chi connectivity index (χ0) is 24.5. The first-order chi connectivity index (χ1) is 16.2. The Kier molecular flexibility index (Phi) is 6.85. The van der Waals surface area contributed by atoms with E-state index in [-0.39, 0.29) is 23.9 Å². The number of nitrogens with zero attached hydrogens (tertiary/aromatic N) is 3. The molecule has 0 bridgehead atoms. The van der Waals surface area contributed by atoms with Crippen molar-refractivity contribution in [3.63, 3.8) is 0 Å². The highest BCUT2D eigenvalue weighted by Gasteiger charge is 2.64. The normalized spacial score (nSPS) is 24.0. The average molecular weight is 492 g/mol. The second kappa shape index (κ2) is 9.67. The molecule has 1 unspecified atom stereocenters. The lowest BCUT2D eigenvalue weighted by atomic mass is 9.96. The molecule has 1 aliphatic carbocycles. The number of aliphatic hydroxyl groups is 1. The summed E-state index contributed by atoms with van der Waals surface area (Å²) in [4.78, 5) is 39.8. The molecule has 1 aromatic carbocycles. The average Bonchev–Trinajstić information content (AvgIpc) is 3.56. The fourth-order valence-corrected chi connectivity index (χ4v) is 4.68. The highest BCUT2D eigenvalue weighted by atomic mass is 31.1. The fraction of sp³-hybridized carbons (Fsp3) is 0.476. The Balaban J connectivity index is 1.46. The number of carbonyl (C=O) groups is 1. The molecule has 1 spiro atoms. The molecule has 2 aromatic rings. The third-order valence-corrected chi connectivity index (χ3v) is 6.79. The Morgan fingerprint density at radius 2 is 2.12 bits per heavy atom. The van der Waals surface area contributed by atoms with Gasteiger partial charge in [-0.15, -0.1) is 0 Å². The summed E-state index contributed by atoms with van der Waals surface area (Å²) < 4.78 is 26.9. The van der Waals surface area contributed by atoms with Crippen LogP contribution in [0.2, 0.25) is 0 Å². The van der Waals surface area contributed by atoms with E-state index < -0.39 is 49.7 Å². The number of rotatable bonds is 8. The summed E-state index contributed by atoms with van der Waals surface area (Å²) in [6, 6.07) is 7.03. The monoisotopic (exact) mass is 492 g/mol. The van der Waals surface area contributed by atoms with Crippen molar-refractivity contribution in [1.29, 1.82) is 0 Å². The van der Waals surface area contributed by atoms with Gasteiger partial charge >= 0.3 is 19.8 Å². The van der Waals surface area contributed by atoms with Crippen LogP contribution in [-0.2, 0) is 14.3 Å². The molecule has 0 amide bonds. The highest BCUT2D eigenvalue weighted by Crippen LogP contribution is 2.62. The molecule has 1 saturated heterocycles. The highest BCUT2D eigenvalue weighted by molar-refractivity contribution is 7.34. The maximum atomic E-state index is 12.3. The molecule has 13 heteroatoms. The number of anilines is 1. The van der Waals surface area contributed by atoms with Crippen molar-refractivity contribution in [2.75, 3.05) is 19.5 Å². The molecule has 4 rings (SSSR count). The number of esters is 1. The lowest BCUT2D eigenvalue weighted by molar-refractivity contribution is -0.169. The molecule has 3 N–H and O–H groups in total. The second-order valence-corrected chi connectivity index (χ2v) is 9.04. The summed E-state index contributed by atoms with van der Waals surface area (Å²) >= 11 is 0. The molecule has 34 heavy (non-hydrogen) atoms. The predicted molar refractivity (Wildman–Crippen MR) is 118 cm³/mol. The quantitative estimate of drug-likeness (QED) is 0.396. The minimum atomic E-state index is -2.57. The Bertz CT molecular complexity index is 1150. The van der Waals surface area contributed by atoms with Crippen molar-refractivity contribution in [2.45, 2.75) is 44.2 Å². The molecule has 0 radical (unpaired) electrons. The van der Waals surface area contributed by atoms with Crippen LogP contribution in [0.15, 0.2) is 46.1 Å². The summed E-state index contributed by atoms with van der Waals surface area (Å²) in [5, 5.41) is 10.9. The van der Waals surface area contributed by atoms with Gasteiger partial charge in [0, 0.05) is 11.6 Å². The number of para-hydroxylation sites is 2. The van der Waals surface area contributed by atoms with Gasteiger partial charge in [-0.25, -0.2) is 9.59 Å². The first-order valence-corrected chi connectivity index (χ1v) is 11.7. The van der Waals surface area contributed by atoms with Gasteiger partial charge in [-0.2, -0.15) is 4.98 Å². The zero-order valence-electron chi connectivity index (χ0n) is 18.6.